The van der Waals surface area contributed by atoms with Crippen molar-refractivity contribution >= 4 is 5.97 Å². The molecule has 0 aliphatic heterocycles. The van der Waals surface area contributed by atoms with Crippen LogP contribution >= 0.6 is 0 Å². The van der Waals surface area contributed by atoms with Crippen molar-refractivity contribution in [1.82, 2.24) is 0 Å². The van der Waals surface area contributed by atoms with Gasteiger partial charge >= 0.3 is 5.97 Å². The minimum Gasteiger partial charge on any atom is -0.464 e. The molecule has 0 atom stereocenters. The summed E-state index contributed by atoms with van der Waals surface area (Å²) in [5, 5.41) is 0. The average molecular weight is 228 g/mol. The number of hydrogen-bond donors (Lipinski definition) is 0. The van der Waals surface area contributed by atoms with Gasteiger partial charge in [0.2, 0.25) is 0 Å². The van der Waals surface area contributed by atoms with Crippen LogP contribution in [-0.2, 0) is 14.3 Å². The summed E-state index contributed by atoms with van der Waals surface area (Å²) < 4.78 is 10.6. The van der Waals surface area contributed by atoms with E-state index in [-0.39, 0.29) is 18.7 Å². The molecule has 0 N–H and O–H groups in total. The molecule has 0 heterocycles. The Balaban J connectivity index is 2.05. The van der Waals surface area contributed by atoms with Gasteiger partial charge in [0.25, 0.3) is 0 Å². The van der Waals surface area contributed by atoms with Crippen LogP contribution in [0.1, 0.15) is 58.3 Å². The van der Waals surface area contributed by atoms with Gasteiger partial charge < -0.3 is 9.47 Å². The molecule has 0 amide bonds. The fourth-order valence-corrected chi connectivity index (χ4v) is 1.97. The first-order chi connectivity index (χ1) is 7.83. The van der Waals surface area contributed by atoms with Crippen molar-refractivity contribution in [2.24, 2.45) is 0 Å². The monoisotopic (exact) mass is 228 g/mol. The molecular formula is C13H24O3. The highest BCUT2D eigenvalue weighted by molar-refractivity contribution is 5.70. The van der Waals surface area contributed by atoms with E-state index in [2.05, 4.69) is 6.92 Å². The van der Waals surface area contributed by atoms with Gasteiger partial charge in [-0.15, -0.1) is 0 Å². The molecule has 1 aliphatic rings. The molecule has 16 heavy (non-hydrogen) atoms. The number of ether oxygens (including phenoxy) is 2. The molecule has 1 fully saturated rings. The molecule has 1 rings (SSSR count). The fraction of sp³-hybridized carbons (Fsp3) is 0.923. The number of carbonyl (C=O) groups is 1. The molecule has 3 nitrogen and oxygen atoms in total. The van der Waals surface area contributed by atoms with E-state index in [0.29, 0.717) is 6.61 Å². The van der Waals surface area contributed by atoms with Crippen molar-refractivity contribution in [3.8, 4) is 0 Å². The van der Waals surface area contributed by atoms with Crippen LogP contribution in [0.2, 0.25) is 0 Å². The molecule has 1 aliphatic carbocycles. The number of rotatable bonds is 6. The number of unbranched alkanes of at least 4 members (excludes halogenated alkanes) is 1. The number of hydrogen-bond acceptors (Lipinski definition) is 3. The lowest BCUT2D eigenvalue weighted by Crippen LogP contribution is -2.20. The van der Waals surface area contributed by atoms with E-state index in [1.165, 1.54) is 25.7 Å². The molecule has 0 aromatic heterocycles. The third-order valence-corrected chi connectivity index (χ3v) is 3.00. The molecule has 94 valence electrons. The van der Waals surface area contributed by atoms with Gasteiger partial charge in [-0.25, -0.2) is 4.79 Å². The van der Waals surface area contributed by atoms with E-state index >= 15 is 0 Å². The molecule has 0 radical (unpaired) electrons. The summed E-state index contributed by atoms with van der Waals surface area (Å²) in [6.07, 6.45) is 9.55. The normalized spacial score (nSPS) is 18.1. The third kappa shape index (κ3) is 6.11. The Morgan fingerprint density at radius 1 is 1.19 bits per heavy atom. The second-order valence-corrected chi connectivity index (χ2v) is 4.50. The van der Waals surface area contributed by atoms with E-state index in [9.17, 15) is 4.79 Å². The molecular weight excluding hydrogens is 204 g/mol. The Labute approximate surface area is 98.5 Å². The highest BCUT2D eigenvalue weighted by atomic mass is 16.6. The summed E-state index contributed by atoms with van der Waals surface area (Å²) in [6.45, 7) is 2.74. The zero-order chi connectivity index (χ0) is 11.6. The first kappa shape index (κ1) is 13.5. The maximum atomic E-state index is 11.3. The number of esters is 1. The lowest BCUT2D eigenvalue weighted by molar-refractivity contribution is -0.151. The van der Waals surface area contributed by atoms with E-state index in [1.54, 1.807) is 0 Å². The predicted molar refractivity (Wildman–Crippen MR) is 63.3 cm³/mol. The van der Waals surface area contributed by atoms with E-state index < -0.39 is 0 Å². The summed E-state index contributed by atoms with van der Waals surface area (Å²) >= 11 is 0. The number of carbonyl (C=O) groups excluding carboxylic acids is 1. The van der Waals surface area contributed by atoms with Gasteiger partial charge in [-0.2, -0.15) is 0 Å². The Hall–Kier alpha value is -0.570. The largest absolute Gasteiger partial charge is 0.464 e. The smallest absolute Gasteiger partial charge is 0.332 e. The van der Waals surface area contributed by atoms with Crippen LogP contribution in [0.3, 0.4) is 0 Å². The maximum absolute atomic E-state index is 11.3. The lowest BCUT2D eigenvalue weighted by Gasteiger charge is -2.14. The molecule has 3 heteroatoms. The highest BCUT2D eigenvalue weighted by Crippen LogP contribution is 2.19. The molecule has 0 spiro atoms. The minimum atomic E-state index is -0.210. The first-order valence-electron chi connectivity index (χ1n) is 6.60. The molecule has 0 saturated heterocycles. The van der Waals surface area contributed by atoms with Crippen LogP contribution in [0.15, 0.2) is 0 Å². The topological polar surface area (TPSA) is 35.5 Å². The molecule has 0 aromatic carbocycles. The van der Waals surface area contributed by atoms with Crippen molar-refractivity contribution in [2.75, 3.05) is 13.2 Å². The first-order valence-corrected chi connectivity index (χ1v) is 6.60. The Morgan fingerprint density at radius 2 is 1.88 bits per heavy atom. The highest BCUT2D eigenvalue weighted by Gasteiger charge is 2.14. The van der Waals surface area contributed by atoms with E-state index in [4.69, 9.17) is 9.47 Å². The van der Waals surface area contributed by atoms with Crippen LogP contribution in [0.25, 0.3) is 0 Å². The van der Waals surface area contributed by atoms with Crippen molar-refractivity contribution in [1.29, 1.82) is 0 Å². The summed E-state index contributed by atoms with van der Waals surface area (Å²) in [6, 6.07) is 0. The van der Waals surface area contributed by atoms with Gasteiger partial charge in [-0.3, -0.25) is 0 Å². The van der Waals surface area contributed by atoms with E-state index in [0.717, 1.165) is 25.7 Å². The molecule has 1 saturated carbocycles. The minimum absolute atomic E-state index is 0.133. The van der Waals surface area contributed by atoms with Crippen LogP contribution in [-0.4, -0.2) is 25.3 Å². The van der Waals surface area contributed by atoms with Crippen molar-refractivity contribution in [2.45, 2.75) is 64.4 Å². The summed E-state index contributed by atoms with van der Waals surface area (Å²) in [5.41, 5.74) is 0. The van der Waals surface area contributed by atoms with Crippen LogP contribution in [0.5, 0.6) is 0 Å². The Morgan fingerprint density at radius 3 is 2.50 bits per heavy atom. The van der Waals surface area contributed by atoms with Crippen molar-refractivity contribution in [3.63, 3.8) is 0 Å². The molecule has 0 bridgehead atoms. The fourth-order valence-electron chi connectivity index (χ4n) is 1.97. The van der Waals surface area contributed by atoms with Gasteiger partial charge in [0.1, 0.15) is 6.61 Å². The summed E-state index contributed by atoms with van der Waals surface area (Å²) in [4.78, 5) is 11.3. The van der Waals surface area contributed by atoms with E-state index in [1.807, 2.05) is 0 Å². The van der Waals surface area contributed by atoms with Crippen LogP contribution in [0, 0.1) is 0 Å². The second kappa shape index (κ2) is 8.57. The zero-order valence-electron chi connectivity index (χ0n) is 10.4. The average Bonchev–Trinajstić information content (AvgIpc) is 2.55. The molecule has 0 unspecified atom stereocenters. The van der Waals surface area contributed by atoms with Gasteiger partial charge in [-0.1, -0.05) is 39.0 Å². The SMILES string of the molecule is CCCCOC(=O)COC1CCCCCC1. The van der Waals surface area contributed by atoms with Crippen molar-refractivity contribution < 1.29 is 14.3 Å². The predicted octanol–water partition coefficient (Wildman–Crippen LogP) is 3.07. The standard InChI is InChI=1S/C13H24O3/c1-2-3-10-15-13(14)11-16-12-8-6-4-5-7-9-12/h12H,2-11H2,1H3. The molecule has 0 aromatic rings. The van der Waals surface area contributed by atoms with Crippen LogP contribution in [0.4, 0.5) is 0 Å². The lowest BCUT2D eigenvalue weighted by atomic mass is 10.1. The second-order valence-electron chi connectivity index (χ2n) is 4.50. The summed E-state index contributed by atoms with van der Waals surface area (Å²) in [7, 11) is 0. The third-order valence-electron chi connectivity index (χ3n) is 3.00. The maximum Gasteiger partial charge on any atom is 0.332 e. The Kier molecular flexibility index (Phi) is 7.23. The van der Waals surface area contributed by atoms with Gasteiger partial charge in [0.05, 0.1) is 12.7 Å². The Bertz CT molecular complexity index is 184. The summed E-state index contributed by atoms with van der Waals surface area (Å²) in [5.74, 6) is -0.210. The van der Waals surface area contributed by atoms with Gasteiger partial charge in [0.15, 0.2) is 0 Å². The van der Waals surface area contributed by atoms with Gasteiger partial charge in [-0.05, 0) is 19.3 Å². The zero-order valence-corrected chi connectivity index (χ0v) is 10.4. The van der Waals surface area contributed by atoms with Crippen LogP contribution < -0.4 is 0 Å². The quantitative estimate of drug-likeness (QED) is 0.398. The van der Waals surface area contributed by atoms with Gasteiger partial charge in [0, 0.05) is 0 Å². The van der Waals surface area contributed by atoms with Crippen molar-refractivity contribution in [3.05, 3.63) is 0 Å².